The topological polar surface area (TPSA) is 243 Å². The summed E-state index contributed by atoms with van der Waals surface area (Å²) in [6.07, 6.45) is 3.00. The number of anilines is 10. The van der Waals surface area contributed by atoms with Gasteiger partial charge >= 0.3 is 0 Å². The van der Waals surface area contributed by atoms with E-state index in [1.807, 2.05) is 70.5 Å². The van der Waals surface area contributed by atoms with E-state index in [1.165, 1.54) is 18.2 Å². The Labute approximate surface area is 377 Å². The van der Waals surface area contributed by atoms with Gasteiger partial charge in [0.25, 0.3) is 10.1 Å². The van der Waals surface area contributed by atoms with Crippen molar-refractivity contribution >= 4 is 111 Å². The Kier molecular flexibility index (Phi) is 14.1. The summed E-state index contributed by atoms with van der Waals surface area (Å²) >= 11 is 11.2. The third-order valence-electron chi connectivity index (χ3n) is 9.54. The molecule has 0 aliphatic carbocycles. The molecule has 6 N–H and O–H groups in total. The molecule has 0 bridgehead atoms. The zero-order chi connectivity index (χ0) is 44.5. The number of ether oxygens (including phenoxy) is 2. The lowest BCUT2D eigenvalue weighted by molar-refractivity contribution is -0.433. The van der Waals surface area contributed by atoms with E-state index in [0.717, 1.165) is 11.4 Å². The van der Waals surface area contributed by atoms with Crippen LogP contribution < -0.4 is 31.1 Å². The van der Waals surface area contributed by atoms with Crippen molar-refractivity contribution in [3.63, 3.8) is 0 Å². The normalized spacial score (nSPS) is 14.7. The van der Waals surface area contributed by atoms with Crippen LogP contribution in [0.25, 0.3) is 12.2 Å². The molecule has 0 amide bonds. The maximum Gasteiger partial charge on any atom is 0.295 e. The van der Waals surface area contributed by atoms with Crippen LogP contribution in [0.3, 0.4) is 0 Å². The first-order valence-electron chi connectivity index (χ1n) is 19.5. The fourth-order valence-electron chi connectivity index (χ4n) is 6.52. The average molecular weight is 945 g/mol. The Bertz CT molecular complexity index is 2840. The molecule has 6 aromatic rings. The lowest BCUT2D eigenvalue weighted by atomic mass is 10.1. The number of hydrogen-bond donors (Lipinski definition) is 6. The van der Waals surface area contributed by atoms with Gasteiger partial charge in [0.2, 0.25) is 35.7 Å². The third kappa shape index (κ3) is 11.5. The highest BCUT2D eigenvalue weighted by Gasteiger charge is 2.21. The minimum atomic E-state index is -4.79. The molecule has 2 aromatic heterocycles. The first-order chi connectivity index (χ1) is 31.0. The van der Waals surface area contributed by atoms with E-state index in [4.69, 9.17) is 36.2 Å². The molecule has 20 nitrogen and oxygen atoms in total. The summed E-state index contributed by atoms with van der Waals surface area (Å²) in [5.41, 5.74) is 2.73. The summed E-state index contributed by atoms with van der Waals surface area (Å²) in [4.78, 5) is 31.4. The number of para-hydroxylation sites is 2. The van der Waals surface area contributed by atoms with Crippen LogP contribution in [0.2, 0.25) is 0 Å². The fraction of sp³-hybridized carbons (Fsp3) is 0.200. The predicted molar refractivity (Wildman–Crippen MR) is 249 cm³/mol. The van der Waals surface area contributed by atoms with Crippen molar-refractivity contribution in [2.75, 3.05) is 83.7 Å². The van der Waals surface area contributed by atoms with Gasteiger partial charge in [-0.1, -0.05) is 65.7 Å². The minimum Gasteiger partial charge on any atom is -0.378 e. The maximum absolute atomic E-state index is 12.9. The molecule has 0 atom stereocenters. The van der Waals surface area contributed by atoms with Crippen molar-refractivity contribution in [2.45, 2.75) is 9.79 Å². The standard InChI is InChI=1S/C40H40N12O8S4/c53-59-60-64(61,62)34-26-32(44-38-46-36(42-30-9-5-2-6-10-30)48-40(50-38)52-19-23-58-24-20-52)16-14-28(34)12-11-27-13-15-31(25-33(27)63(54,55)56)43-37-45-35(41-29-7-3-1-4-8-29)47-39(49-37)51-17-21-57-22-18-51/h1-16,25-26,53H,17-24H2,(H,54,55,56)(H2,41,43,45,47,49)(H2,42,44,46,48,50)/b12-11+. The Morgan fingerprint density at radius 2 is 0.953 bits per heavy atom. The van der Waals surface area contributed by atoms with Crippen molar-refractivity contribution in [3.05, 3.63) is 108 Å². The molecular formula is C40H40N12O8S4. The highest BCUT2D eigenvalue weighted by Crippen LogP contribution is 2.30. The fourth-order valence-corrected chi connectivity index (χ4v) is 9.09. The second-order valence-electron chi connectivity index (χ2n) is 13.9. The smallest absolute Gasteiger partial charge is 0.295 e. The summed E-state index contributed by atoms with van der Waals surface area (Å²) in [5.74, 6) is 1.68. The highest BCUT2D eigenvalue weighted by molar-refractivity contribution is 8.54. The highest BCUT2D eigenvalue weighted by atomic mass is 33.1. The first-order valence-corrected chi connectivity index (χ1v) is 24.4. The maximum atomic E-state index is 12.9. The van der Waals surface area contributed by atoms with Gasteiger partial charge < -0.3 is 40.5 Å². The van der Waals surface area contributed by atoms with Crippen LogP contribution in [0.15, 0.2) is 107 Å². The van der Waals surface area contributed by atoms with E-state index in [2.05, 4.69) is 56.2 Å². The van der Waals surface area contributed by atoms with Crippen LogP contribution >= 0.6 is 0 Å². The van der Waals surface area contributed by atoms with Gasteiger partial charge in [-0.2, -0.15) is 38.3 Å². The molecule has 0 spiro atoms. The van der Waals surface area contributed by atoms with Gasteiger partial charge in [0, 0.05) is 48.9 Å². The molecule has 332 valence electrons. The zero-order valence-electron chi connectivity index (χ0n) is 33.6. The molecule has 0 radical (unpaired) electrons. The minimum absolute atomic E-state index is 0.116. The van der Waals surface area contributed by atoms with Crippen molar-refractivity contribution in [1.29, 1.82) is 0 Å². The van der Waals surface area contributed by atoms with Crippen molar-refractivity contribution in [2.24, 2.45) is 0 Å². The monoisotopic (exact) mass is 944 g/mol. The predicted octanol–water partition coefficient (Wildman–Crippen LogP) is 5.89. The SMILES string of the molecule is O=S(=O)(O)c1cc(Nc2nc(Nc3ccccc3)nc(N3CCOCC3)n2)ccc1/C=C/c1ccc(Nc2nc(Nc3ccccc3)nc(N3CCOCC3)n2)cc1S(=S)(=S)OOO. The lowest BCUT2D eigenvalue weighted by Crippen LogP contribution is -2.37. The molecule has 8 rings (SSSR count). The summed E-state index contributed by atoms with van der Waals surface area (Å²) in [7, 11) is -7.93. The molecule has 4 aromatic carbocycles. The van der Waals surface area contributed by atoms with Crippen LogP contribution in [-0.2, 0) is 58.8 Å². The average Bonchev–Trinajstić information content (AvgIpc) is 3.29. The van der Waals surface area contributed by atoms with E-state index in [1.54, 1.807) is 30.3 Å². The summed E-state index contributed by atoms with van der Waals surface area (Å²) in [5, 5.41) is 25.9. The molecule has 64 heavy (non-hydrogen) atoms. The Hall–Kier alpha value is -6.06. The Balaban J connectivity index is 1.09. The van der Waals surface area contributed by atoms with E-state index >= 15 is 0 Å². The van der Waals surface area contributed by atoms with Crippen LogP contribution in [-0.4, -0.2) is 101 Å². The molecule has 24 heteroatoms. The molecular weight excluding hydrogens is 905 g/mol. The molecule has 4 heterocycles. The molecule has 0 unspecified atom stereocenters. The first kappa shape index (κ1) is 44.5. The van der Waals surface area contributed by atoms with Gasteiger partial charge in [0.1, 0.15) is 4.90 Å². The van der Waals surface area contributed by atoms with E-state index < -0.39 is 22.4 Å². The number of rotatable bonds is 16. The van der Waals surface area contributed by atoms with Crippen LogP contribution in [0, 0.1) is 0 Å². The number of benzene rings is 4. The second-order valence-corrected chi connectivity index (χ2v) is 20.2. The largest absolute Gasteiger partial charge is 0.378 e. The van der Waals surface area contributed by atoms with Gasteiger partial charge in [0.15, 0.2) is 0 Å². The molecule has 2 fully saturated rings. The summed E-state index contributed by atoms with van der Waals surface area (Å²) in [6, 6.07) is 28.1. The molecule has 2 aliphatic heterocycles. The summed E-state index contributed by atoms with van der Waals surface area (Å²) in [6.45, 7) is 4.31. The van der Waals surface area contributed by atoms with Gasteiger partial charge in [-0.25, -0.2) is 5.26 Å². The number of nitrogens with one attached hydrogen (secondary N) is 4. The lowest BCUT2D eigenvalue weighted by Gasteiger charge is -2.27. The van der Waals surface area contributed by atoms with Gasteiger partial charge in [-0.3, -0.25) is 4.55 Å². The Morgan fingerprint density at radius 3 is 1.36 bits per heavy atom. The third-order valence-corrected chi connectivity index (χ3v) is 13.0. The quantitative estimate of drug-likeness (QED) is 0.0287. The number of aromatic nitrogens is 6. The molecule has 0 saturated carbocycles. The molecule has 2 saturated heterocycles. The van der Waals surface area contributed by atoms with Crippen molar-refractivity contribution < 1.29 is 37.1 Å². The van der Waals surface area contributed by atoms with Gasteiger partial charge in [-0.15, -0.1) is 4.33 Å². The molecule has 2 aliphatic rings. The van der Waals surface area contributed by atoms with Gasteiger partial charge in [-0.05, 0) is 82.0 Å². The number of nitrogens with zero attached hydrogens (tertiary/aromatic N) is 8. The van der Waals surface area contributed by atoms with E-state index in [9.17, 15) is 18.2 Å². The van der Waals surface area contributed by atoms with E-state index in [-0.39, 0.29) is 34.0 Å². The number of hydrogen-bond acceptors (Lipinski definition) is 21. The van der Waals surface area contributed by atoms with Crippen LogP contribution in [0.1, 0.15) is 11.1 Å². The Morgan fingerprint density at radius 1 is 0.562 bits per heavy atom. The van der Waals surface area contributed by atoms with Crippen molar-refractivity contribution in [1.82, 2.24) is 29.9 Å². The van der Waals surface area contributed by atoms with Crippen LogP contribution in [0.5, 0.6) is 0 Å². The summed E-state index contributed by atoms with van der Waals surface area (Å²) < 4.78 is 52.2. The van der Waals surface area contributed by atoms with Gasteiger partial charge in [0.05, 0.1) is 38.8 Å². The zero-order valence-corrected chi connectivity index (χ0v) is 36.9. The second kappa shape index (κ2) is 20.2. The van der Waals surface area contributed by atoms with Crippen molar-refractivity contribution in [3.8, 4) is 0 Å². The number of morpholine rings is 2. The van der Waals surface area contributed by atoms with E-state index in [0.29, 0.717) is 81.7 Å². The van der Waals surface area contributed by atoms with Crippen LogP contribution in [0.4, 0.5) is 58.4 Å².